The fourth-order valence-corrected chi connectivity index (χ4v) is 2.22. The predicted octanol–water partition coefficient (Wildman–Crippen LogP) is 4.26. The van der Waals surface area contributed by atoms with Crippen molar-refractivity contribution in [3.8, 4) is 0 Å². The molecule has 0 rings (SSSR count). The highest BCUT2D eigenvalue weighted by Gasteiger charge is 2.11. The van der Waals surface area contributed by atoms with E-state index in [9.17, 15) is 9.59 Å². The molecule has 1 unspecified atom stereocenters. The van der Waals surface area contributed by atoms with Gasteiger partial charge in [-0.1, -0.05) is 26.2 Å². The molecule has 19 heavy (non-hydrogen) atoms. The molecule has 0 amide bonds. The molecule has 0 aliphatic carbocycles. The predicted molar refractivity (Wildman–Crippen MR) is 78.5 cm³/mol. The molecule has 0 aromatic rings. The summed E-state index contributed by atoms with van der Waals surface area (Å²) in [7, 11) is 0. The summed E-state index contributed by atoms with van der Waals surface area (Å²) < 4.78 is 4.82. The maximum atomic E-state index is 11.7. The summed E-state index contributed by atoms with van der Waals surface area (Å²) in [5, 5.41) is -0.0240. The van der Waals surface area contributed by atoms with E-state index in [0.717, 1.165) is 19.3 Å². The van der Waals surface area contributed by atoms with E-state index in [-0.39, 0.29) is 17.1 Å². The standard InChI is InChI=1S/C15H27ClO3/c1-3-5-6-9-13(16)12-14(17)10-7-8-11-15(18)19-4-2/h13H,3-12H2,1-2H3. The number of ketones is 1. The van der Waals surface area contributed by atoms with Gasteiger partial charge >= 0.3 is 5.97 Å². The molecule has 0 saturated heterocycles. The summed E-state index contributed by atoms with van der Waals surface area (Å²) in [6, 6.07) is 0. The Kier molecular flexibility index (Phi) is 12.1. The second-order valence-electron chi connectivity index (χ2n) is 4.85. The Bertz CT molecular complexity index is 254. The molecule has 1 atom stereocenters. The lowest BCUT2D eigenvalue weighted by atomic mass is 10.0. The van der Waals surface area contributed by atoms with Gasteiger partial charge < -0.3 is 4.74 Å². The van der Waals surface area contributed by atoms with Gasteiger partial charge in [-0.2, -0.15) is 0 Å². The second kappa shape index (κ2) is 12.5. The summed E-state index contributed by atoms with van der Waals surface area (Å²) in [5.41, 5.74) is 0. The Balaban J connectivity index is 3.50. The van der Waals surface area contributed by atoms with Crippen molar-refractivity contribution in [2.24, 2.45) is 0 Å². The maximum absolute atomic E-state index is 11.7. The molecule has 0 aliphatic heterocycles. The summed E-state index contributed by atoms with van der Waals surface area (Å²) in [4.78, 5) is 22.7. The van der Waals surface area contributed by atoms with Gasteiger partial charge in [0.25, 0.3) is 0 Å². The van der Waals surface area contributed by atoms with Crippen LogP contribution in [0.15, 0.2) is 0 Å². The lowest BCUT2D eigenvalue weighted by Gasteiger charge is -2.08. The van der Waals surface area contributed by atoms with Crippen LogP contribution in [0.2, 0.25) is 0 Å². The summed E-state index contributed by atoms with van der Waals surface area (Å²) in [5.74, 6) is 0.0325. The highest BCUT2D eigenvalue weighted by molar-refractivity contribution is 6.21. The fourth-order valence-electron chi connectivity index (χ4n) is 1.89. The van der Waals surface area contributed by atoms with Crippen molar-refractivity contribution in [2.45, 2.75) is 77.0 Å². The zero-order chi connectivity index (χ0) is 14.5. The highest BCUT2D eigenvalue weighted by Crippen LogP contribution is 2.15. The van der Waals surface area contributed by atoms with Crippen LogP contribution >= 0.6 is 11.6 Å². The molecule has 0 aromatic carbocycles. The van der Waals surface area contributed by atoms with Crippen molar-refractivity contribution in [2.75, 3.05) is 6.61 Å². The minimum Gasteiger partial charge on any atom is -0.466 e. The van der Waals surface area contributed by atoms with Crippen molar-refractivity contribution in [1.82, 2.24) is 0 Å². The smallest absolute Gasteiger partial charge is 0.305 e. The Labute approximate surface area is 122 Å². The van der Waals surface area contributed by atoms with Crippen LogP contribution in [0.25, 0.3) is 0 Å². The van der Waals surface area contributed by atoms with Gasteiger partial charge in [-0.3, -0.25) is 9.59 Å². The molecule has 0 fully saturated rings. The SMILES string of the molecule is CCCCCC(Cl)CC(=O)CCCCC(=O)OCC. The number of ether oxygens (including phenoxy) is 1. The number of hydrogen-bond donors (Lipinski definition) is 0. The molecule has 0 heterocycles. The van der Waals surface area contributed by atoms with E-state index < -0.39 is 0 Å². The first-order chi connectivity index (χ1) is 9.10. The van der Waals surface area contributed by atoms with Gasteiger partial charge in [0.1, 0.15) is 5.78 Å². The van der Waals surface area contributed by atoms with Crippen LogP contribution in [0.3, 0.4) is 0 Å². The molecule has 0 aliphatic rings. The van der Waals surface area contributed by atoms with Crippen LogP contribution < -0.4 is 0 Å². The van der Waals surface area contributed by atoms with Gasteiger partial charge in [0.2, 0.25) is 0 Å². The number of unbranched alkanes of at least 4 members (excludes halogenated alkanes) is 3. The average molecular weight is 291 g/mol. The molecule has 3 nitrogen and oxygen atoms in total. The lowest BCUT2D eigenvalue weighted by Crippen LogP contribution is -2.09. The number of carbonyl (C=O) groups excluding carboxylic acids is 2. The van der Waals surface area contributed by atoms with Crippen LogP contribution in [0.4, 0.5) is 0 Å². The van der Waals surface area contributed by atoms with Gasteiger partial charge in [0.05, 0.1) is 6.61 Å². The third-order valence-electron chi connectivity index (χ3n) is 2.96. The van der Waals surface area contributed by atoms with Crippen LogP contribution in [0, 0.1) is 0 Å². The van der Waals surface area contributed by atoms with E-state index in [0.29, 0.717) is 32.3 Å². The van der Waals surface area contributed by atoms with Crippen molar-refractivity contribution in [3.05, 3.63) is 0 Å². The van der Waals surface area contributed by atoms with Crippen molar-refractivity contribution in [1.29, 1.82) is 0 Å². The molecule has 112 valence electrons. The summed E-state index contributed by atoms with van der Waals surface area (Å²) in [6.07, 6.45) is 7.22. The molecular formula is C15H27ClO3. The molecule has 0 N–H and O–H groups in total. The molecule has 4 heteroatoms. The number of Topliss-reactive ketones (excluding diaryl/α,β-unsaturated/α-hetero) is 1. The molecule has 0 aromatic heterocycles. The monoisotopic (exact) mass is 290 g/mol. The van der Waals surface area contributed by atoms with E-state index in [1.54, 1.807) is 6.92 Å². The first-order valence-corrected chi connectivity index (χ1v) is 7.85. The van der Waals surface area contributed by atoms with Gasteiger partial charge in [-0.25, -0.2) is 0 Å². The second-order valence-corrected chi connectivity index (χ2v) is 5.47. The van der Waals surface area contributed by atoms with Gasteiger partial charge in [0.15, 0.2) is 0 Å². The largest absolute Gasteiger partial charge is 0.466 e. The topological polar surface area (TPSA) is 43.4 Å². The third-order valence-corrected chi connectivity index (χ3v) is 3.33. The van der Waals surface area contributed by atoms with E-state index in [1.807, 2.05) is 0 Å². The molecular weight excluding hydrogens is 264 g/mol. The third kappa shape index (κ3) is 12.2. The lowest BCUT2D eigenvalue weighted by molar-refractivity contribution is -0.143. The van der Waals surface area contributed by atoms with Crippen molar-refractivity contribution in [3.63, 3.8) is 0 Å². The maximum Gasteiger partial charge on any atom is 0.305 e. The average Bonchev–Trinajstić information content (AvgIpc) is 2.35. The van der Waals surface area contributed by atoms with E-state index in [4.69, 9.17) is 16.3 Å². The van der Waals surface area contributed by atoms with Crippen LogP contribution in [0.1, 0.15) is 71.6 Å². The van der Waals surface area contributed by atoms with Crippen molar-refractivity contribution < 1.29 is 14.3 Å². The Hall–Kier alpha value is -0.570. The van der Waals surface area contributed by atoms with Crippen LogP contribution in [0.5, 0.6) is 0 Å². The Morgan fingerprint density at radius 1 is 1.05 bits per heavy atom. The van der Waals surface area contributed by atoms with Gasteiger partial charge in [-0.15, -0.1) is 11.6 Å². The summed E-state index contributed by atoms with van der Waals surface area (Å²) in [6.45, 7) is 4.36. The number of carbonyl (C=O) groups is 2. The minimum absolute atomic E-state index is 0.0240. The number of halogens is 1. The molecule has 0 bridgehead atoms. The van der Waals surface area contributed by atoms with E-state index in [2.05, 4.69) is 6.92 Å². The molecule has 0 radical (unpaired) electrons. The zero-order valence-corrected chi connectivity index (χ0v) is 13.0. The van der Waals surface area contributed by atoms with Crippen LogP contribution in [-0.2, 0) is 14.3 Å². The number of esters is 1. The zero-order valence-electron chi connectivity index (χ0n) is 12.3. The number of hydrogen-bond acceptors (Lipinski definition) is 3. The molecule has 0 spiro atoms. The normalized spacial score (nSPS) is 12.2. The van der Waals surface area contributed by atoms with E-state index >= 15 is 0 Å². The van der Waals surface area contributed by atoms with E-state index in [1.165, 1.54) is 12.8 Å². The number of rotatable bonds is 12. The molecule has 0 saturated carbocycles. The van der Waals surface area contributed by atoms with Crippen LogP contribution in [-0.4, -0.2) is 23.7 Å². The number of alkyl halides is 1. The first-order valence-electron chi connectivity index (χ1n) is 7.41. The minimum atomic E-state index is -0.176. The summed E-state index contributed by atoms with van der Waals surface area (Å²) >= 11 is 6.12. The first kappa shape index (κ1) is 18.4. The highest BCUT2D eigenvalue weighted by atomic mass is 35.5. The fraction of sp³-hybridized carbons (Fsp3) is 0.867. The Morgan fingerprint density at radius 2 is 1.74 bits per heavy atom. The van der Waals surface area contributed by atoms with Gasteiger partial charge in [-0.05, 0) is 26.2 Å². The van der Waals surface area contributed by atoms with Crippen molar-refractivity contribution >= 4 is 23.4 Å². The Morgan fingerprint density at radius 3 is 2.37 bits per heavy atom. The van der Waals surface area contributed by atoms with Gasteiger partial charge in [0, 0.05) is 24.6 Å². The quantitative estimate of drug-likeness (QED) is 0.306.